The smallest absolute Gasteiger partial charge is 0.340 e. The SMILES string of the molecule is COC(=O)c1cc(OC)c(OC)cc1NC(=O)CCCN(c1ccc(F)c(F)c1)S(C)(=O)=O. The van der Waals surface area contributed by atoms with Crippen molar-refractivity contribution in [3.8, 4) is 11.5 Å². The van der Waals surface area contributed by atoms with Gasteiger partial charge in [-0.2, -0.15) is 0 Å². The van der Waals surface area contributed by atoms with Gasteiger partial charge in [-0.1, -0.05) is 0 Å². The lowest BCUT2D eigenvalue weighted by molar-refractivity contribution is -0.116. The molecule has 0 aliphatic heterocycles. The molecule has 0 heterocycles. The summed E-state index contributed by atoms with van der Waals surface area (Å²) in [5, 5.41) is 2.57. The number of rotatable bonds is 10. The predicted octanol–water partition coefficient (Wildman–Crippen LogP) is 2.95. The number of nitrogens with zero attached hydrogens (tertiary/aromatic N) is 1. The zero-order valence-corrected chi connectivity index (χ0v) is 19.3. The molecule has 12 heteroatoms. The van der Waals surface area contributed by atoms with E-state index in [0.29, 0.717) is 0 Å². The van der Waals surface area contributed by atoms with Crippen molar-refractivity contribution in [3.05, 3.63) is 47.5 Å². The molecule has 0 bridgehead atoms. The molecule has 1 amide bonds. The van der Waals surface area contributed by atoms with Gasteiger partial charge in [-0.25, -0.2) is 22.0 Å². The third-order valence-corrected chi connectivity index (χ3v) is 5.75. The van der Waals surface area contributed by atoms with Crippen molar-refractivity contribution >= 4 is 33.3 Å². The lowest BCUT2D eigenvalue weighted by atomic mass is 10.1. The van der Waals surface area contributed by atoms with E-state index in [1.54, 1.807) is 0 Å². The fourth-order valence-electron chi connectivity index (χ4n) is 2.98. The van der Waals surface area contributed by atoms with Crippen molar-refractivity contribution in [1.82, 2.24) is 0 Å². The summed E-state index contributed by atoms with van der Waals surface area (Å²) in [6, 6.07) is 5.47. The summed E-state index contributed by atoms with van der Waals surface area (Å²) in [5.74, 6) is -3.02. The summed E-state index contributed by atoms with van der Waals surface area (Å²) in [5.41, 5.74) is 0.0813. The van der Waals surface area contributed by atoms with Crippen LogP contribution in [0.4, 0.5) is 20.2 Å². The first-order valence-electron chi connectivity index (χ1n) is 9.58. The number of esters is 1. The van der Waals surface area contributed by atoms with Crippen molar-refractivity contribution in [2.75, 3.05) is 43.8 Å². The number of nitrogens with one attached hydrogen (secondary N) is 1. The van der Waals surface area contributed by atoms with Gasteiger partial charge < -0.3 is 19.5 Å². The lowest BCUT2D eigenvalue weighted by Gasteiger charge is -2.22. The topological polar surface area (TPSA) is 111 Å². The number of halogens is 2. The van der Waals surface area contributed by atoms with Crippen LogP contribution in [0.1, 0.15) is 23.2 Å². The number of hydrogen-bond acceptors (Lipinski definition) is 7. The molecular formula is C21H24F2N2O7S. The highest BCUT2D eigenvalue weighted by atomic mass is 32.2. The first-order valence-corrected chi connectivity index (χ1v) is 11.4. The molecule has 0 fully saturated rings. The van der Waals surface area contributed by atoms with Crippen LogP contribution < -0.4 is 19.1 Å². The van der Waals surface area contributed by atoms with Crippen molar-refractivity contribution in [3.63, 3.8) is 0 Å². The molecule has 0 saturated carbocycles. The van der Waals surface area contributed by atoms with Crippen molar-refractivity contribution in [2.45, 2.75) is 12.8 Å². The van der Waals surface area contributed by atoms with Crippen LogP contribution in [0.5, 0.6) is 11.5 Å². The number of anilines is 2. The molecule has 2 rings (SSSR count). The second-order valence-corrected chi connectivity index (χ2v) is 8.74. The molecule has 0 spiro atoms. The summed E-state index contributed by atoms with van der Waals surface area (Å²) in [7, 11) is 0.136. The van der Waals surface area contributed by atoms with Crippen LogP contribution in [0.2, 0.25) is 0 Å². The van der Waals surface area contributed by atoms with Gasteiger partial charge in [0.25, 0.3) is 0 Å². The Labute approximate surface area is 190 Å². The van der Waals surface area contributed by atoms with Gasteiger partial charge in [0, 0.05) is 31.2 Å². The number of benzene rings is 2. The summed E-state index contributed by atoms with van der Waals surface area (Å²) in [6.07, 6.45) is 0.837. The Kier molecular flexibility index (Phi) is 8.57. The molecule has 0 atom stereocenters. The van der Waals surface area contributed by atoms with Gasteiger partial charge in [0.1, 0.15) is 0 Å². The van der Waals surface area contributed by atoms with Gasteiger partial charge in [-0.15, -0.1) is 0 Å². The summed E-state index contributed by atoms with van der Waals surface area (Å²) < 4.78 is 66.9. The van der Waals surface area contributed by atoms with Crippen LogP contribution in [-0.4, -0.2) is 54.4 Å². The Morgan fingerprint density at radius 1 is 1.00 bits per heavy atom. The largest absolute Gasteiger partial charge is 0.493 e. The zero-order chi connectivity index (χ0) is 24.8. The average Bonchev–Trinajstić information content (AvgIpc) is 2.77. The minimum atomic E-state index is -3.82. The van der Waals surface area contributed by atoms with Gasteiger partial charge in [0.15, 0.2) is 23.1 Å². The molecule has 1 N–H and O–H groups in total. The van der Waals surface area contributed by atoms with Crippen LogP contribution in [0.25, 0.3) is 0 Å². The third-order valence-electron chi connectivity index (χ3n) is 4.56. The van der Waals surface area contributed by atoms with Crippen LogP contribution in [0.15, 0.2) is 30.3 Å². The molecule has 0 aliphatic rings. The summed E-state index contributed by atoms with van der Waals surface area (Å²) >= 11 is 0. The van der Waals surface area contributed by atoms with E-state index >= 15 is 0 Å². The maximum Gasteiger partial charge on any atom is 0.340 e. The monoisotopic (exact) mass is 486 g/mol. The lowest BCUT2D eigenvalue weighted by Crippen LogP contribution is -2.31. The predicted molar refractivity (Wildman–Crippen MR) is 117 cm³/mol. The molecule has 2 aromatic carbocycles. The molecule has 0 saturated heterocycles. The molecule has 180 valence electrons. The highest BCUT2D eigenvalue weighted by Crippen LogP contribution is 2.34. The van der Waals surface area contributed by atoms with Crippen molar-refractivity contribution < 1.29 is 41.0 Å². The Bertz CT molecular complexity index is 1140. The van der Waals surface area contributed by atoms with Crippen LogP contribution in [-0.2, 0) is 19.6 Å². The number of sulfonamides is 1. The molecule has 0 aromatic heterocycles. The Hall–Kier alpha value is -3.41. The second kappa shape index (κ2) is 10.9. The maximum absolute atomic E-state index is 13.6. The van der Waals surface area contributed by atoms with Gasteiger partial charge in [0.2, 0.25) is 15.9 Å². The highest BCUT2D eigenvalue weighted by molar-refractivity contribution is 7.92. The van der Waals surface area contributed by atoms with E-state index in [0.717, 1.165) is 28.8 Å². The van der Waals surface area contributed by atoms with Crippen LogP contribution >= 0.6 is 0 Å². The van der Waals surface area contributed by atoms with E-state index < -0.39 is 33.5 Å². The van der Waals surface area contributed by atoms with Gasteiger partial charge in [-0.3, -0.25) is 9.10 Å². The number of ether oxygens (including phenoxy) is 3. The molecule has 0 aliphatic carbocycles. The number of hydrogen-bond donors (Lipinski definition) is 1. The summed E-state index contributed by atoms with van der Waals surface area (Å²) in [4.78, 5) is 24.6. The van der Waals surface area contributed by atoms with E-state index in [9.17, 15) is 26.8 Å². The molecule has 0 radical (unpaired) electrons. The third kappa shape index (κ3) is 6.54. The first kappa shape index (κ1) is 25.8. The van der Waals surface area contributed by atoms with E-state index in [4.69, 9.17) is 14.2 Å². The van der Waals surface area contributed by atoms with Crippen LogP contribution in [0, 0.1) is 11.6 Å². The fraction of sp³-hybridized carbons (Fsp3) is 0.333. The van der Waals surface area contributed by atoms with E-state index in [2.05, 4.69) is 5.32 Å². The molecule has 33 heavy (non-hydrogen) atoms. The van der Waals surface area contributed by atoms with E-state index in [1.165, 1.54) is 33.5 Å². The molecule has 2 aromatic rings. The van der Waals surface area contributed by atoms with Gasteiger partial charge in [0.05, 0.1) is 44.5 Å². The Balaban J connectivity index is 2.15. The highest BCUT2D eigenvalue weighted by Gasteiger charge is 2.21. The second-order valence-electron chi connectivity index (χ2n) is 6.83. The minimum Gasteiger partial charge on any atom is -0.493 e. The fourth-order valence-corrected chi connectivity index (χ4v) is 3.94. The van der Waals surface area contributed by atoms with E-state index in [-0.39, 0.29) is 47.8 Å². The van der Waals surface area contributed by atoms with Gasteiger partial charge >= 0.3 is 5.97 Å². The summed E-state index contributed by atoms with van der Waals surface area (Å²) in [6.45, 7) is -0.160. The standard InChI is InChI=1S/C21H24F2N2O7S/c1-30-18-11-14(21(27)32-3)17(12-19(18)31-2)24-20(26)6-5-9-25(33(4,28)29)13-7-8-15(22)16(23)10-13/h7-8,10-12H,5-6,9H2,1-4H3,(H,24,26). The number of methoxy groups -OCH3 is 3. The Morgan fingerprint density at radius 2 is 1.64 bits per heavy atom. The minimum absolute atomic E-state index is 0.0306. The van der Waals surface area contributed by atoms with Gasteiger partial charge in [-0.05, 0) is 18.6 Å². The zero-order valence-electron chi connectivity index (χ0n) is 18.5. The number of carbonyl (C=O) groups excluding carboxylic acids is 2. The Morgan fingerprint density at radius 3 is 2.18 bits per heavy atom. The number of amides is 1. The number of carbonyl (C=O) groups is 2. The quantitative estimate of drug-likeness (QED) is 0.514. The maximum atomic E-state index is 13.6. The van der Waals surface area contributed by atoms with Crippen molar-refractivity contribution in [2.24, 2.45) is 0 Å². The molecule has 0 unspecified atom stereocenters. The average molecular weight is 486 g/mol. The van der Waals surface area contributed by atoms with Crippen molar-refractivity contribution in [1.29, 1.82) is 0 Å². The van der Waals surface area contributed by atoms with Crippen LogP contribution in [0.3, 0.4) is 0 Å². The normalized spacial score (nSPS) is 11.0. The first-order chi connectivity index (χ1) is 15.5. The van der Waals surface area contributed by atoms with E-state index in [1.807, 2.05) is 0 Å². The molecule has 9 nitrogen and oxygen atoms in total. The molecular weight excluding hydrogens is 462 g/mol.